The van der Waals surface area contributed by atoms with E-state index in [4.69, 9.17) is 0 Å². The van der Waals surface area contributed by atoms with Crippen molar-refractivity contribution in [2.45, 2.75) is 126 Å². The van der Waals surface area contributed by atoms with E-state index in [1.54, 1.807) is 12.1 Å². The molecule has 1 fully saturated rings. The van der Waals surface area contributed by atoms with Gasteiger partial charge in [-0.1, -0.05) is 82.6 Å². The molecule has 0 radical (unpaired) electrons. The molecule has 14 heteroatoms. The summed E-state index contributed by atoms with van der Waals surface area (Å²) in [5.74, 6) is 0.211. The van der Waals surface area contributed by atoms with Crippen LogP contribution in [0.2, 0.25) is 0 Å². The van der Waals surface area contributed by atoms with Crippen molar-refractivity contribution in [1.82, 2.24) is 14.5 Å². The molecule has 0 bridgehead atoms. The highest BCUT2D eigenvalue weighted by molar-refractivity contribution is 7.89. The average molecular weight is 794 g/mol. The van der Waals surface area contributed by atoms with Crippen molar-refractivity contribution in [2.75, 3.05) is 58.3 Å². The van der Waals surface area contributed by atoms with Crippen LogP contribution in [0.25, 0.3) is 10.8 Å². The van der Waals surface area contributed by atoms with Crippen LogP contribution in [0.15, 0.2) is 41.3 Å². The number of aliphatic hydroxyl groups is 4. The minimum absolute atomic E-state index is 0. The smallest absolute Gasteiger partial charge is 0.241 e. The number of sulfonamides is 1. The van der Waals surface area contributed by atoms with Crippen LogP contribution in [0.5, 0.6) is 0 Å². The van der Waals surface area contributed by atoms with Crippen molar-refractivity contribution in [2.24, 2.45) is 0 Å². The Morgan fingerprint density at radius 1 is 0.808 bits per heavy atom. The summed E-state index contributed by atoms with van der Waals surface area (Å²) in [5.41, 5.74) is 0.971. The molecule has 11 nitrogen and oxygen atoms in total. The summed E-state index contributed by atoms with van der Waals surface area (Å²) in [5, 5.41) is 41.5. The highest BCUT2D eigenvalue weighted by Crippen LogP contribution is 2.30. The summed E-state index contributed by atoms with van der Waals surface area (Å²) in [6.07, 6.45) is 9.59. The van der Waals surface area contributed by atoms with E-state index in [0.717, 1.165) is 81.7 Å². The molecule has 0 aromatic heterocycles. The van der Waals surface area contributed by atoms with Gasteiger partial charge in [-0.3, -0.25) is 9.69 Å². The number of β-amino-alcohol motifs (C(OH)–C–C–N with tert-alkyl or cyclic N) is 1. The second-order valence-electron chi connectivity index (χ2n) is 14.1. The van der Waals surface area contributed by atoms with Gasteiger partial charge in [0.05, 0.1) is 23.6 Å². The van der Waals surface area contributed by atoms with Crippen molar-refractivity contribution in [3.8, 4) is 0 Å². The van der Waals surface area contributed by atoms with Gasteiger partial charge in [0.1, 0.15) is 12.2 Å². The molecule has 0 unspecified atom stereocenters. The zero-order chi connectivity index (χ0) is 36.5. The number of unbranched alkanes of at least 4 members (excludes halogenated alkanes) is 10. The zero-order valence-corrected chi connectivity index (χ0v) is 33.9. The third-order valence-electron chi connectivity index (χ3n) is 9.96. The molecule has 0 saturated carbocycles. The van der Waals surface area contributed by atoms with Gasteiger partial charge in [0.25, 0.3) is 0 Å². The number of carbonyl (C=O) groups is 1. The summed E-state index contributed by atoms with van der Waals surface area (Å²) < 4.78 is 29.2. The fourth-order valence-electron chi connectivity index (χ4n) is 6.96. The predicted molar refractivity (Wildman–Crippen MR) is 215 cm³/mol. The van der Waals surface area contributed by atoms with Gasteiger partial charge in [0.2, 0.25) is 15.9 Å². The second kappa shape index (κ2) is 25.4. The maximum Gasteiger partial charge on any atom is 0.241 e. The summed E-state index contributed by atoms with van der Waals surface area (Å²) >= 11 is 0. The van der Waals surface area contributed by atoms with Crippen molar-refractivity contribution in [3.63, 3.8) is 0 Å². The molecule has 300 valence electrons. The van der Waals surface area contributed by atoms with Crippen LogP contribution in [-0.2, 0) is 14.8 Å². The lowest BCUT2D eigenvalue weighted by atomic mass is 9.94. The van der Waals surface area contributed by atoms with Crippen LogP contribution in [0.4, 0.5) is 5.69 Å². The Kier molecular flexibility index (Phi) is 23.5. The summed E-state index contributed by atoms with van der Waals surface area (Å²) in [7, 11) is 0.226. The Morgan fingerprint density at radius 2 is 1.40 bits per heavy atom. The first-order valence-electron chi connectivity index (χ1n) is 18.9. The zero-order valence-electron chi connectivity index (χ0n) is 31.5. The van der Waals surface area contributed by atoms with Crippen LogP contribution in [0.3, 0.4) is 0 Å². The Balaban J connectivity index is 0.00000676. The lowest BCUT2D eigenvalue weighted by molar-refractivity contribution is -0.145. The molecule has 1 heterocycles. The van der Waals surface area contributed by atoms with E-state index in [-0.39, 0.29) is 43.9 Å². The SMILES string of the molecule is CCCCCCCC(=O)N(CCCCCCNS(=O)(=O)c1cccc2c(N(C)C)cccc12)CCCCCCN1C[C@H](O)[C@@H](O)[C@@H](O)[C@H]1CO.Cl.Cl. The fourth-order valence-corrected chi connectivity index (χ4v) is 8.25. The molecular formula is C38H66Cl2N4O7S. The molecule has 52 heavy (non-hydrogen) atoms. The third-order valence-corrected chi connectivity index (χ3v) is 11.5. The molecule has 5 N–H and O–H groups in total. The molecule has 1 aliphatic heterocycles. The number of benzene rings is 2. The number of likely N-dealkylation sites (tertiary alicyclic amines) is 1. The molecule has 1 amide bonds. The van der Waals surface area contributed by atoms with Crippen LogP contribution in [-0.4, -0.2) is 122 Å². The summed E-state index contributed by atoms with van der Waals surface area (Å²) in [6.45, 7) is 4.51. The topological polar surface area (TPSA) is 154 Å². The van der Waals surface area contributed by atoms with Gasteiger partial charge in [-0.05, 0) is 50.8 Å². The fraction of sp³-hybridized carbons (Fsp3) is 0.711. The average Bonchev–Trinajstić information content (AvgIpc) is 3.09. The predicted octanol–water partition coefficient (Wildman–Crippen LogP) is 5.10. The molecule has 3 rings (SSSR count). The molecule has 2 aromatic rings. The normalized spacial score (nSPS) is 19.2. The second-order valence-corrected chi connectivity index (χ2v) is 15.8. The minimum atomic E-state index is -3.66. The van der Waals surface area contributed by atoms with Crippen LogP contribution < -0.4 is 9.62 Å². The first-order chi connectivity index (χ1) is 24.0. The lowest BCUT2D eigenvalue weighted by Gasteiger charge is -2.43. The number of amides is 1. The van der Waals surface area contributed by atoms with Crippen molar-refractivity contribution < 1.29 is 33.6 Å². The highest BCUT2D eigenvalue weighted by atomic mass is 35.5. The van der Waals surface area contributed by atoms with Gasteiger partial charge >= 0.3 is 0 Å². The number of hydrogen-bond acceptors (Lipinski definition) is 9. The van der Waals surface area contributed by atoms with E-state index in [0.29, 0.717) is 42.9 Å². The van der Waals surface area contributed by atoms with Crippen LogP contribution >= 0.6 is 24.8 Å². The number of rotatable bonds is 24. The summed E-state index contributed by atoms with van der Waals surface area (Å²) in [6, 6.07) is 10.5. The van der Waals surface area contributed by atoms with E-state index < -0.39 is 34.4 Å². The van der Waals surface area contributed by atoms with E-state index >= 15 is 0 Å². The number of nitrogens with one attached hydrogen (secondary N) is 1. The molecule has 1 aliphatic rings. The van der Waals surface area contributed by atoms with E-state index in [2.05, 4.69) is 11.6 Å². The number of hydrogen-bond donors (Lipinski definition) is 5. The number of nitrogens with zero attached hydrogens (tertiary/aromatic N) is 3. The molecule has 2 aromatic carbocycles. The maximum absolute atomic E-state index is 13.2. The van der Waals surface area contributed by atoms with Gasteiger partial charge in [-0.15, -0.1) is 24.8 Å². The van der Waals surface area contributed by atoms with Gasteiger partial charge in [0, 0.05) is 63.2 Å². The van der Waals surface area contributed by atoms with Gasteiger partial charge in [-0.25, -0.2) is 13.1 Å². The quantitative estimate of drug-likeness (QED) is 0.0915. The van der Waals surface area contributed by atoms with E-state index in [1.165, 1.54) is 12.8 Å². The third kappa shape index (κ3) is 14.8. The number of carbonyl (C=O) groups excluding carboxylic acids is 1. The summed E-state index contributed by atoms with van der Waals surface area (Å²) in [4.78, 5) is 19.3. The first-order valence-corrected chi connectivity index (χ1v) is 20.4. The monoisotopic (exact) mass is 792 g/mol. The standard InChI is InChI=1S/C38H64N4O7S.2ClH/c1-4-5-6-7-12-23-36(45)41(26-15-10-11-16-27-42-28-34(44)38(47)37(46)33(42)29-43)25-14-9-8-13-24-39-50(48,49)35-22-18-19-30-31(35)20-17-21-32(30)40(2)3;;/h17-22,33-34,37-39,43-44,46-47H,4-16,23-29H2,1-3H3;2*1H/t33-,34+,37+,38-;;/m1../s1. The lowest BCUT2D eigenvalue weighted by Crippen LogP contribution is -2.62. The number of anilines is 1. The van der Waals surface area contributed by atoms with Crippen LogP contribution in [0, 0.1) is 0 Å². The van der Waals surface area contributed by atoms with Crippen molar-refractivity contribution >= 4 is 57.2 Å². The highest BCUT2D eigenvalue weighted by Gasteiger charge is 2.40. The Hall–Kier alpha value is -1.74. The van der Waals surface area contributed by atoms with Gasteiger partial charge in [0.15, 0.2) is 0 Å². The molecule has 1 saturated heterocycles. The Bertz CT molecular complexity index is 1400. The molecule has 0 spiro atoms. The number of fused-ring (bicyclic) bond motifs is 1. The van der Waals surface area contributed by atoms with Crippen molar-refractivity contribution in [1.29, 1.82) is 0 Å². The number of halogens is 2. The molecule has 0 aliphatic carbocycles. The van der Waals surface area contributed by atoms with Crippen LogP contribution in [0.1, 0.15) is 96.8 Å². The molecule has 4 atom stereocenters. The van der Waals surface area contributed by atoms with E-state index in [1.807, 2.05) is 53.1 Å². The maximum atomic E-state index is 13.2. The largest absolute Gasteiger partial charge is 0.395 e. The minimum Gasteiger partial charge on any atom is -0.395 e. The number of aliphatic hydroxyl groups excluding tert-OH is 4. The first kappa shape index (κ1) is 48.3. The Morgan fingerprint density at radius 3 is 2.06 bits per heavy atom. The van der Waals surface area contributed by atoms with Crippen molar-refractivity contribution in [3.05, 3.63) is 36.4 Å². The number of piperidine rings is 1. The van der Waals surface area contributed by atoms with E-state index in [9.17, 15) is 33.6 Å². The van der Waals surface area contributed by atoms with Gasteiger partial charge < -0.3 is 30.2 Å². The Labute approximate surface area is 325 Å². The molecular weight excluding hydrogens is 727 g/mol. The van der Waals surface area contributed by atoms with Gasteiger partial charge in [-0.2, -0.15) is 0 Å².